The largest absolute Gasteiger partial charge is 0.355 e. The molecule has 1 aliphatic rings. The van der Waals surface area contributed by atoms with E-state index in [1.807, 2.05) is 24.3 Å². The average Bonchev–Trinajstić information content (AvgIpc) is 2.88. The topological polar surface area (TPSA) is 41.9 Å². The highest BCUT2D eigenvalue weighted by Crippen LogP contribution is 2.42. The summed E-state index contributed by atoms with van der Waals surface area (Å²) in [5.41, 5.74) is 1.94. The highest BCUT2D eigenvalue weighted by molar-refractivity contribution is 7.26. The van der Waals surface area contributed by atoms with Crippen LogP contribution in [0, 0.1) is 0 Å². The molecule has 4 nitrogen and oxygen atoms in total. The highest BCUT2D eigenvalue weighted by atomic mass is 35.5. The van der Waals surface area contributed by atoms with Gasteiger partial charge in [-0.05, 0) is 37.1 Å². The normalized spacial score (nSPS) is 15.4. The van der Waals surface area contributed by atoms with Gasteiger partial charge in [-0.1, -0.05) is 30.5 Å². The molecule has 6 heteroatoms. The maximum absolute atomic E-state index is 6.56. The summed E-state index contributed by atoms with van der Waals surface area (Å²) in [5.74, 6) is 1.79. The molecular weight excluding hydrogens is 376 g/mol. The maximum Gasteiger partial charge on any atom is 0.162 e. The van der Waals surface area contributed by atoms with Crippen molar-refractivity contribution in [1.82, 2.24) is 15.0 Å². The lowest BCUT2D eigenvalue weighted by atomic mass is 10.2. The van der Waals surface area contributed by atoms with E-state index in [1.54, 1.807) is 23.7 Å². The molecule has 27 heavy (non-hydrogen) atoms. The quantitative estimate of drug-likeness (QED) is 0.422. The molecule has 136 valence electrons. The molecule has 4 heterocycles. The van der Waals surface area contributed by atoms with Crippen LogP contribution in [0.2, 0.25) is 5.02 Å². The van der Waals surface area contributed by atoms with Crippen molar-refractivity contribution in [1.29, 1.82) is 0 Å². The van der Waals surface area contributed by atoms with Gasteiger partial charge in [-0.2, -0.15) is 0 Å². The van der Waals surface area contributed by atoms with Gasteiger partial charge in [0.1, 0.15) is 0 Å². The molecule has 1 aliphatic heterocycles. The third-order valence-electron chi connectivity index (χ3n) is 5.12. The van der Waals surface area contributed by atoms with Crippen molar-refractivity contribution in [2.45, 2.75) is 25.7 Å². The number of aromatic nitrogens is 3. The fourth-order valence-electron chi connectivity index (χ4n) is 3.76. The first kappa shape index (κ1) is 16.9. The molecule has 1 fully saturated rings. The van der Waals surface area contributed by atoms with Crippen molar-refractivity contribution in [2.24, 2.45) is 0 Å². The van der Waals surface area contributed by atoms with Crippen molar-refractivity contribution >= 4 is 49.1 Å². The van der Waals surface area contributed by atoms with Crippen LogP contribution in [0.4, 0.5) is 5.82 Å². The number of rotatable bonds is 2. The van der Waals surface area contributed by atoms with Crippen molar-refractivity contribution in [3.63, 3.8) is 0 Å². The van der Waals surface area contributed by atoms with Crippen molar-refractivity contribution in [2.75, 3.05) is 18.0 Å². The zero-order valence-corrected chi connectivity index (χ0v) is 16.4. The van der Waals surface area contributed by atoms with E-state index in [4.69, 9.17) is 21.6 Å². The van der Waals surface area contributed by atoms with Crippen LogP contribution in [-0.4, -0.2) is 28.0 Å². The number of thiophene rings is 1. The van der Waals surface area contributed by atoms with Crippen LogP contribution in [0.5, 0.6) is 0 Å². The Labute approximate surface area is 166 Å². The second-order valence-electron chi connectivity index (χ2n) is 6.90. The maximum atomic E-state index is 6.56. The first-order chi connectivity index (χ1) is 13.3. The minimum atomic E-state index is 0.740. The van der Waals surface area contributed by atoms with Crippen molar-refractivity contribution in [3.05, 3.63) is 47.7 Å². The summed E-state index contributed by atoms with van der Waals surface area (Å²) in [6.45, 7) is 2.09. The number of pyridine rings is 1. The fourth-order valence-corrected chi connectivity index (χ4v) is 5.26. The SMILES string of the molecule is Clc1cccc2sc3c(N4CCCCCC4)nc(-c4ccncc4)nc3c12. The van der Waals surface area contributed by atoms with Gasteiger partial charge in [-0.25, -0.2) is 9.97 Å². The molecule has 0 saturated carbocycles. The average molecular weight is 395 g/mol. The zero-order chi connectivity index (χ0) is 18.2. The van der Waals surface area contributed by atoms with Gasteiger partial charge in [0.05, 0.1) is 15.2 Å². The smallest absolute Gasteiger partial charge is 0.162 e. The Balaban J connectivity index is 1.80. The Hall–Kier alpha value is -2.24. The Morgan fingerprint density at radius 3 is 2.48 bits per heavy atom. The Morgan fingerprint density at radius 1 is 0.926 bits per heavy atom. The van der Waals surface area contributed by atoms with Crippen LogP contribution in [0.1, 0.15) is 25.7 Å². The Morgan fingerprint density at radius 2 is 1.70 bits per heavy atom. The summed E-state index contributed by atoms with van der Waals surface area (Å²) in [4.78, 5) is 16.5. The molecule has 0 N–H and O–H groups in total. The molecule has 0 bridgehead atoms. The predicted molar refractivity (Wildman–Crippen MR) is 114 cm³/mol. The van der Waals surface area contributed by atoms with E-state index in [9.17, 15) is 0 Å². The molecule has 0 radical (unpaired) electrons. The molecule has 0 amide bonds. The second kappa shape index (κ2) is 7.06. The summed E-state index contributed by atoms with van der Waals surface area (Å²) in [6.07, 6.45) is 8.57. The fraction of sp³-hybridized carbons (Fsp3) is 0.286. The molecule has 1 aromatic carbocycles. The molecule has 4 aromatic rings. The first-order valence-electron chi connectivity index (χ1n) is 9.35. The predicted octanol–water partition coefficient (Wildman–Crippen LogP) is 5.94. The van der Waals surface area contributed by atoms with Crippen molar-refractivity contribution < 1.29 is 0 Å². The third-order valence-corrected chi connectivity index (χ3v) is 6.57. The zero-order valence-electron chi connectivity index (χ0n) is 14.9. The monoisotopic (exact) mass is 394 g/mol. The lowest BCUT2D eigenvalue weighted by Gasteiger charge is -2.22. The molecule has 0 spiro atoms. The molecule has 0 aliphatic carbocycles. The number of halogens is 1. The number of hydrogen-bond donors (Lipinski definition) is 0. The summed E-state index contributed by atoms with van der Waals surface area (Å²) < 4.78 is 2.30. The molecular formula is C21H19ClN4S. The van der Waals surface area contributed by atoms with Gasteiger partial charge < -0.3 is 4.90 Å². The van der Waals surface area contributed by atoms with E-state index in [-0.39, 0.29) is 0 Å². The summed E-state index contributed by atoms with van der Waals surface area (Å²) in [6, 6.07) is 9.98. The highest BCUT2D eigenvalue weighted by Gasteiger charge is 2.21. The Bertz CT molecular complexity index is 1100. The summed E-state index contributed by atoms with van der Waals surface area (Å²) in [7, 11) is 0. The van der Waals surface area contributed by atoms with Gasteiger partial charge in [0.15, 0.2) is 11.6 Å². The van der Waals surface area contributed by atoms with Crippen LogP contribution in [0.15, 0.2) is 42.7 Å². The molecule has 0 atom stereocenters. The molecule has 0 unspecified atom stereocenters. The standard InChI is InChI=1S/C21H19ClN4S/c22-15-6-5-7-16-17(15)18-19(27-16)21(26-12-3-1-2-4-13-26)25-20(24-18)14-8-10-23-11-9-14/h5-11H,1-4,12-13H2. The molecule has 1 saturated heterocycles. The van der Waals surface area contributed by atoms with E-state index in [0.29, 0.717) is 0 Å². The van der Waals surface area contributed by atoms with Gasteiger partial charge in [-0.15, -0.1) is 11.3 Å². The van der Waals surface area contributed by atoms with Gasteiger partial charge in [-0.3, -0.25) is 4.98 Å². The van der Waals surface area contributed by atoms with Gasteiger partial charge in [0, 0.05) is 41.1 Å². The van der Waals surface area contributed by atoms with Gasteiger partial charge in [0.25, 0.3) is 0 Å². The van der Waals surface area contributed by atoms with E-state index < -0.39 is 0 Å². The minimum absolute atomic E-state index is 0.740. The third kappa shape index (κ3) is 3.05. The Kier molecular flexibility index (Phi) is 4.42. The van der Waals surface area contributed by atoms with E-state index in [0.717, 1.165) is 55.6 Å². The second-order valence-corrected chi connectivity index (χ2v) is 8.36. The number of benzene rings is 1. The summed E-state index contributed by atoms with van der Waals surface area (Å²) in [5, 5.41) is 1.79. The van der Waals surface area contributed by atoms with Crippen LogP contribution in [0.25, 0.3) is 31.7 Å². The lowest BCUT2D eigenvalue weighted by Crippen LogP contribution is -2.25. The molecule has 5 rings (SSSR count). The van der Waals surface area contributed by atoms with Crippen LogP contribution < -0.4 is 4.90 Å². The number of nitrogens with zero attached hydrogens (tertiary/aromatic N) is 4. The molecule has 3 aromatic heterocycles. The van der Waals surface area contributed by atoms with E-state index >= 15 is 0 Å². The first-order valence-corrected chi connectivity index (χ1v) is 10.5. The lowest BCUT2D eigenvalue weighted by molar-refractivity contribution is 0.726. The number of hydrogen-bond acceptors (Lipinski definition) is 5. The summed E-state index contributed by atoms with van der Waals surface area (Å²) >= 11 is 8.31. The van der Waals surface area contributed by atoms with Gasteiger partial charge in [0.2, 0.25) is 0 Å². The van der Waals surface area contributed by atoms with Crippen LogP contribution in [-0.2, 0) is 0 Å². The van der Waals surface area contributed by atoms with Gasteiger partial charge >= 0.3 is 0 Å². The number of fused-ring (bicyclic) bond motifs is 3. The van der Waals surface area contributed by atoms with Crippen LogP contribution in [0.3, 0.4) is 0 Å². The van der Waals surface area contributed by atoms with E-state index in [1.165, 1.54) is 25.7 Å². The number of anilines is 1. The van der Waals surface area contributed by atoms with Crippen molar-refractivity contribution in [3.8, 4) is 11.4 Å². The van der Waals surface area contributed by atoms with Crippen LogP contribution >= 0.6 is 22.9 Å². The van der Waals surface area contributed by atoms with E-state index in [2.05, 4.69) is 16.0 Å². The minimum Gasteiger partial charge on any atom is -0.355 e.